The molecule has 96 valence electrons. The maximum atomic E-state index is 6.29. The van der Waals surface area contributed by atoms with E-state index < -0.39 is 0 Å². The molecule has 0 amide bonds. The molecule has 5 heteroatoms. The van der Waals surface area contributed by atoms with Gasteiger partial charge < -0.3 is 10.2 Å². The van der Waals surface area contributed by atoms with Gasteiger partial charge in [0.15, 0.2) is 5.58 Å². The fourth-order valence-electron chi connectivity index (χ4n) is 1.95. The van der Waals surface area contributed by atoms with Gasteiger partial charge in [-0.05, 0) is 30.7 Å². The van der Waals surface area contributed by atoms with Crippen LogP contribution in [0.25, 0.3) is 22.6 Å². The minimum absolute atomic E-state index is 0.480. The molecule has 1 heterocycles. The smallest absolute Gasteiger partial charge is 0.228 e. The van der Waals surface area contributed by atoms with Gasteiger partial charge in [-0.15, -0.1) is 0 Å². The van der Waals surface area contributed by atoms with E-state index in [4.69, 9.17) is 21.8 Å². The van der Waals surface area contributed by atoms with Crippen molar-refractivity contribution in [1.82, 2.24) is 4.98 Å². The molecule has 0 aliphatic carbocycles. The van der Waals surface area contributed by atoms with Crippen LogP contribution in [0.5, 0.6) is 0 Å². The van der Waals surface area contributed by atoms with Crippen molar-refractivity contribution in [2.45, 2.75) is 6.92 Å². The van der Waals surface area contributed by atoms with Crippen LogP contribution in [0.15, 0.2) is 39.2 Å². The third-order valence-corrected chi connectivity index (χ3v) is 3.87. The number of anilines is 1. The predicted octanol–water partition coefficient (Wildman–Crippen LogP) is 4.80. The molecule has 2 aromatic carbocycles. The molecule has 0 fully saturated rings. The van der Waals surface area contributed by atoms with Crippen LogP contribution in [-0.4, -0.2) is 4.98 Å². The lowest BCUT2D eigenvalue weighted by atomic mass is 10.1. The molecule has 0 saturated carbocycles. The number of benzene rings is 2. The quantitative estimate of drug-likeness (QED) is 0.649. The van der Waals surface area contributed by atoms with Crippen molar-refractivity contribution >= 4 is 44.3 Å². The van der Waals surface area contributed by atoms with E-state index >= 15 is 0 Å². The minimum atomic E-state index is 0.480. The molecular weight excluding hydrogens is 328 g/mol. The second-order valence-corrected chi connectivity index (χ2v) is 5.59. The first-order valence-electron chi connectivity index (χ1n) is 5.67. The summed E-state index contributed by atoms with van der Waals surface area (Å²) in [6, 6.07) is 9.40. The van der Waals surface area contributed by atoms with E-state index in [0.29, 0.717) is 27.7 Å². The Labute approximate surface area is 123 Å². The lowest BCUT2D eigenvalue weighted by molar-refractivity contribution is 0.621. The maximum Gasteiger partial charge on any atom is 0.228 e. The largest absolute Gasteiger partial charge is 0.434 e. The van der Waals surface area contributed by atoms with Gasteiger partial charge in [-0.1, -0.05) is 39.7 Å². The van der Waals surface area contributed by atoms with Crippen molar-refractivity contribution in [1.29, 1.82) is 0 Å². The van der Waals surface area contributed by atoms with Gasteiger partial charge in [0.05, 0.1) is 16.3 Å². The fourth-order valence-corrected chi connectivity index (χ4v) is 2.62. The van der Waals surface area contributed by atoms with E-state index in [9.17, 15) is 0 Å². The molecule has 3 aromatic rings. The minimum Gasteiger partial charge on any atom is -0.434 e. The second-order valence-electron chi connectivity index (χ2n) is 4.30. The number of nitrogen functional groups attached to an aromatic ring is 1. The Hall–Kier alpha value is -1.52. The van der Waals surface area contributed by atoms with Crippen LogP contribution in [0.2, 0.25) is 5.02 Å². The molecule has 0 atom stereocenters. The maximum absolute atomic E-state index is 6.29. The first kappa shape index (κ1) is 12.5. The topological polar surface area (TPSA) is 52.0 Å². The van der Waals surface area contributed by atoms with Gasteiger partial charge in [0, 0.05) is 4.47 Å². The highest BCUT2D eigenvalue weighted by atomic mass is 79.9. The Morgan fingerprint density at radius 2 is 2.11 bits per heavy atom. The summed E-state index contributed by atoms with van der Waals surface area (Å²) in [6.07, 6.45) is 0. The van der Waals surface area contributed by atoms with E-state index in [1.807, 2.05) is 31.2 Å². The SMILES string of the molecule is Cc1cccc(-c2nc3cc(Br)cc(N)c3o2)c1Cl. The normalized spacial score (nSPS) is 11.1. The zero-order valence-electron chi connectivity index (χ0n) is 10.1. The van der Waals surface area contributed by atoms with Gasteiger partial charge in [-0.3, -0.25) is 0 Å². The van der Waals surface area contributed by atoms with E-state index in [1.165, 1.54) is 0 Å². The highest BCUT2D eigenvalue weighted by Gasteiger charge is 2.14. The number of fused-ring (bicyclic) bond motifs is 1. The molecule has 0 bridgehead atoms. The van der Waals surface area contributed by atoms with Crippen molar-refractivity contribution in [2.24, 2.45) is 0 Å². The number of nitrogens with two attached hydrogens (primary N) is 1. The Morgan fingerprint density at radius 1 is 1.32 bits per heavy atom. The van der Waals surface area contributed by atoms with Crippen LogP contribution < -0.4 is 5.73 Å². The Morgan fingerprint density at radius 3 is 2.89 bits per heavy atom. The molecule has 0 radical (unpaired) electrons. The first-order chi connectivity index (χ1) is 9.06. The zero-order chi connectivity index (χ0) is 13.6. The van der Waals surface area contributed by atoms with Gasteiger partial charge >= 0.3 is 0 Å². The van der Waals surface area contributed by atoms with E-state index in [-0.39, 0.29) is 0 Å². The van der Waals surface area contributed by atoms with Gasteiger partial charge in [0.25, 0.3) is 0 Å². The first-order valence-corrected chi connectivity index (χ1v) is 6.84. The summed E-state index contributed by atoms with van der Waals surface area (Å²) < 4.78 is 6.60. The molecule has 0 aliphatic heterocycles. The summed E-state index contributed by atoms with van der Waals surface area (Å²) in [6.45, 7) is 1.94. The van der Waals surface area contributed by atoms with Gasteiger partial charge in [-0.25, -0.2) is 4.98 Å². The average Bonchev–Trinajstić information content (AvgIpc) is 2.76. The standard InChI is InChI=1S/C14H10BrClN2O/c1-7-3-2-4-9(12(7)16)14-18-11-6-8(15)5-10(17)13(11)19-14/h2-6H,17H2,1H3. The number of oxazole rings is 1. The number of aryl methyl sites for hydroxylation is 1. The summed E-state index contributed by atoms with van der Waals surface area (Å²) in [5.41, 5.74) is 9.51. The number of rotatable bonds is 1. The zero-order valence-corrected chi connectivity index (χ0v) is 12.4. The predicted molar refractivity (Wildman–Crippen MR) is 81.3 cm³/mol. The molecule has 19 heavy (non-hydrogen) atoms. The molecule has 0 saturated heterocycles. The van der Waals surface area contributed by atoms with Crippen LogP contribution in [0.4, 0.5) is 5.69 Å². The van der Waals surface area contributed by atoms with Crippen LogP contribution >= 0.6 is 27.5 Å². The second kappa shape index (κ2) is 4.54. The summed E-state index contributed by atoms with van der Waals surface area (Å²) in [5.74, 6) is 0.480. The molecular formula is C14H10BrClN2O. The van der Waals surface area contributed by atoms with Crippen molar-refractivity contribution in [2.75, 3.05) is 5.73 Å². The van der Waals surface area contributed by atoms with Gasteiger partial charge in [-0.2, -0.15) is 0 Å². The van der Waals surface area contributed by atoms with Crippen molar-refractivity contribution in [3.63, 3.8) is 0 Å². The lowest BCUT2D eigenvalue weighted by Crippen LogP contribution is -1.84. The Bertz CT molecular complexity index is 782. The molecule has 3 nitrogen and oxygen atoms in total. The van der Waals surface area contributed by atoms with Crippen molar-refractivity contribution in [3.8, 4) is 11.5 Å². The number of hydrogen-bond acceptors (Lipinski definition) is 3. The Kier molecular flexibility index (Phi) is 2.99. The molecule has 1 aromatic heterocycles. The van der Waals surface area contributed by atoms with Crippen LogP contribution in [0, 0.1) is 6.92 Å². The van der Waals surface area contributed by atoms with Gasteiger partial charge in [0.1, 0.15) is 5.52 Å². The lowest BCUT2D eigenvalue weighted by Gasteiger charge is -2.01. The molecule has 2 N–H and O–H groups in total. The third-order valence-electron chi connectivity index (χ3n) is 2.91. The molecule has 0 aliphatic rings. The number of halogens is 2. The highest BCUT2D eigenvalue weighted by molar-refractivity contribution is 9.10. The fraction of sp³-hybridized carbons (Fsp3) is 0.0714. The third kappa shape index (κ3) is 2.11. The highest BCUT2D eigenvalue weighted by Crippen LogP contribution is 2.34. The molecule has 3 rings (SSSR count). The average molecular weight is 338 g/mol. The summed E-state index contributed by atoms with van der Waals surface area (Å²) in [5, 5.41) is 0.645. The van der Waals surface area contributed by atoms with E-state index in [0.717, 1.165) is 15.6 Å². The number of hydrogen-bond donors (Lipinski definition) is 1. The Balaban J connectivity index is 2.26. The monoisotopic (exact) mass is 336 g/mol. The number of aromatic nitrogens is 1. The summed E-state index contributed by atoms with van der Waals surface area (Å²) in [4.78, 5) is 4.45. The van der Waals surface area contributed by atoms with Crippen molar-refractivity contribution < 1.29 is 4.42 Å². The van der Waals surface area contributed by atoms with E-state index in [2.05, 4.69) is 20.9 Å². The summed E-state index contributed by atoms with van der Waals surface area (Å²) in [7, 11) is 0. The van der Waals surface area contributed by atoms with Crippen LogP contribution in [0.3, 0.4) is 0 Å². The molecule has 0 unspecified atom stereocenters. The van der Waals surface area contributed by atoms with Gasteiger partial charge in [0.2, 0.25) is 5.89 Å². The van der Waals surface area contributed by atoms with E-state index in [1.54, 1.807) is 6.07 Å². The molecule has 0 spiro atoms. The summed E-state index contributed by atoms with van der Waals surface area (Å²) >= 11 is 9.67. The van der Waals surface area contributed by atoms with Crippen molar-refractivity contribution in [3.05, 3.63) is 45.4 Å². The van der Waals surface area contributed by atoms with Crippen LogP contribution in [0.1, 0.15) is 5.56 Å². The number of nitrogens with zero attached hydrogens (tertiary/aromatic N) is 1. The van der Waals surface area contributed by atoms with Crippen LogP contribution in [-0.2, 0) is 0 Å².